The quantitative estimate of drug-likeness (QED) is 0.0113. The third kappa shape index (κ3) is 28.9. The minimum absolute atomic E-state index is 0. The maximum atomic E-state index is 12.9. The van der Waals surface area contributed by atoms with Crippen LogP contribution in [0, 0.1) is 20.2 Å². The number of anilines is 6. The number of aliphatic hydroxyl groups is 2. The first-order valence-electron chi connectivity index (χ1n) is 23.8. The Bertz CT molecular complexity index is 2440. The molecule has 0 aliphatic heterocycles. The summed E-state index contributed by atoms with van der Waals surface area (Å²) in [5, 5.41) is 59.2. The Kier molecular flexibility index (Phi) is 46.7. The molecule has 4 aromatic rings. The normalized spacial score (nSPS) is 10.5. The number of aromatic hydroxyl groups is 1. The predicted molar refractivity (Wildman–Crippen MR) is 304 cm³/mol. The number of phenols is 1. The molecule has 2 heterocycles. The average Bonchev–Trinajstić information content (AvgIpc) is 3.40. The summed E-state index contributed by atoms with van der Waals surface area (Å²) in [5.74, 6) is -1.33. The third-order valence-electron chi connectivity index (χ3n) is 9.15. The number of nitro groups is 2. The van der Waals surface area contributed by atoms with Gasteiger partial charge in [-0.2, -0.15) is 19.9 Å². The van der Waals surface area contributed by atoms with Crippen LogP contribution in [-0.4, -0.2) is 234 Å². The number of aliphatic hydroxyl groups excluding tert-OH is 2. The number of nitrogens with zero attached hydrogens (tertiary/aromatic N) is 8. The first-order chi connectivity index (χ1) is 36.0. The number of amides is 2. The van der Waals surface area contributed by atoms with Gasteiger partial charge in [0.25, 0.3) is 0 Å². The molecule has 0 saturated carbocycles. The first-order valence-corrected chi connectivity index (χ1v) is 56.9. The van der Waals surface area contributed by atoms with E-state index in [0.717, 1.165) is 15.1 Å². The van der Waals surface area contributed by atoms with E-state index in [2.05, 4.69) is 72.8 Å². The molecule has 0 spiro atoms. The van der Waals surface area contributed by atoms with Gasteiger partial charge in [-0.3, -0.25) is 30.0 Å². The summed E-state index contributed by atoms with van der Waals surface area (Å²) in [5.41, 5.74) is 11.5. The van der Waals surface area contributed by atoms with Gasteiger partial charge in [-0.05, 0) is 74.9 Å². The van der Waals surface area contributed by atoms with Crippen molar-refractivity contribution in [2.45, 2.75) is 72.1 Å². The summed E-state index contributed by atoms with van der Waals surface area (Å²) in [6.07, 6.45) is 7.21. The number of hydrogen-bond acceptors (Lipinski definition) is 20. The van der Waals surface area contributed by atoms with E-state index in [1.807, 2.05) is 0 Å². The van der Waals surface area contributed by atoms with Crippen molar-refractivity contribution in [3.63, 3.8) is 0 Å². The average molecular weight is 1230 g/mol. The van der Waals surface area contributed by atoms with Crippen molar-refractivity contribution >= 4 is 201 Å². The Morgan fingerprint density at radius 3 is 1.49 bits per heavy atom. The van der Waals surface area contributed by atoms with Gasteiger partial charge in [-0.15, -0.1) is 19.7 Å². The molecular weight excluding hydrogens is 1160 g/mol. The van der Waals surface area contributed by atoms with Crippen LogP contribution >= 0.6 is 15.9 Å². The topological polar surface area (TPSA) is 343 Å². The van der Waals surface area contributed by atoms with E-state index in [0.29, 0.717) is 42.6 Å². The molecule has 0 bridgehead atoms. The monoisotopic (exact) mass is 1220 g/mol. The SMILES string of the molecule is C.C=CCBr.C=CCCC(CO)Nc1nc(N)c([N+](=O)[O-])c(N(Cc2cccc(O)c2)C(=O)OCC)n1.C=CCCC(CO)Nc1nc(N)c([N+](=O)[O-])c(N(Cc2cccc(OCC=C)c2)C(=O)OCC)n1.[K][K].[K][K]. The number of carbonyl (C=O) groups is 2. The molecule has 0 aliphatic rings. The van der Waals surface area contributed by atoms with E-state index in [9.17, 15) is 45.1 Å². The summed E-state index contributed by atoms with van der Waals surface area (Å²) in [6, 6.07) is 12.0. The maximum absolute atomic E-state index is 12.9. The number of aromatic nitrogens is 4. The number of phenolic OH excluding ortho intramolecular Hbond substituents is 1. The zero-order chi connectivity index (χ0) is 56.9. The number of nitrogens with two attached hydrogens (primary N) is 2. The summed E-state index contributed by atoms with van der Waals surface area (Å²) in [6.45, 7) is 17.0. The molecule has 76 heavy (non-hydrogen) atoms. The Morgan fingerprint density at radius 2 is 1.14 bits per heavy atom. The van der Waals surface area contributed by atoms with Gasteiger partial charge in [-0.25, -0.2) is 9.59 Å². The molecule has 2 aromatic carbocycles. The van der Waals surface area contributed by atoms with E-state index in [-0.39, 0.29) is 82.8 Å². The van der Waals surface area contributed by atoms with Crippen LogP contribution in [0.15, 0.2) is 99.2 Å². The minimum atomic E-state index is -0.895. The second kappa shape index (κ2) is 46.3. The molecular formula is C47H65BrK4N12O12. The van der Waals surface area contributed by atoms with Gasteiger partial charge >= 0.3 is 150 Å². The molecule has 2 aromatic heterocycles. The molecule has 2 unspecified atom stereocenters. The van der Waals surface area contributed by atoms with Gasteiger partial charge in [0.2, 0.25) is 35.2 Å². The van der Waals surface area contributed by atoms with Crippen LogP contribution in [0.2, 0.25) is 0 Å². The van der Waals surface area contributed by atoms with Gasteiger partial charge in [0.15, 0.2) is 0 Å². The van der Waals surface area contributed by atoms with Crippen molar-refractivity contribution < 1.29 is 49.0 Å². The summed E-state index contributed by atoms with van der Waals surface area (Å²) in [4.78, 5) is 65.8. The van der Waals surface area contributed by atoms with Crippen molar-refractivity contribution in [2.24, 2.45) is 0 Å². The van der Waals surface area contributed by atoms with Crippen molar-refractivity contribution in [2.75, 3.05) is 70.3 Å². The number of carbonyl (C=O) groups excluding carboxylic acids is 2. The van der Waals surface area contributed by atoms with Gasteiger partial charge in [0, 0.05) is 5.33 Å². The van der Waals surface area contributed by atoms with E-state index in [1.54, 1.807) is 74.5 Å². The van der Waals surface area contributed by atoms with Crippen molar-refractivity contribution in [1.82, 2.24) is 19.9 Å². The molecule has 2 amide bonds. The fourth-order valence-electron chi connectivity index (χ4n) is 5.96. The van der Waals surface area contributed by atoms with Crippen LogP contribution in [0.25, 0.3) is 0 Å². The van der Waals surface area contributed by atoms with Crippen LogP contribution < -0.4 is 36.6 Å². The van der Waals surface area contributed by atoms with Crippen LogP contribution in [0.3, 0.4) is 0 Å². The van der Waals surface area contributed by atoms with E-state index < -0.39 is 57.1 Å². The molecule has 24 nitrogen and oxygen atoms in total. The van der Waals surface area contributed by atoms with Gasteiger partial charge in [0.05, 0.1) is 61.4 Å². The zero-order valence-corrected chi connectivity index (χ0v) is 57.6. The number of nitrogens with one attached hydrogen (secondary N) is 2. The fraction of sp³-hybridized carbons (Fsp3) is 0.362. The third-order valence-corrected chi connectivity index (χ3v) is 9.61. The molecule has 4 rings (SSSR count). The molecule has 2 atom stereocenters. The predicted octanol–water partition coefficient (Wildman–Crippen LogP) is 6.69. The molecule has 0 fully saturated rings. The van der Waals surface area contributed by atoms with Crippen LogP contribution in [0.1, 0.15) is 58.1 Å². The Labute approximate surface area is 543 Å². The second-order valence-corrected chi connectivity index (χ2v) is 15.1. The number of hydrogen-bond donors (Lipinski definition) is 7. The Balaban J connectivity index is 0. The number of ether oxygens (including phenoxy) is 3. The van der Waals surface area contributed by atoms with Crippen LogP contribution in [0.5, 0.6) is 11.5 Å². The zero-order valence-electron chi connectivity index (χ0n) is 43.5. The van der Waals surface area contributed by atoms with E-state index in [1.165, 1.54) is 138 Å². The fourth-order valence-corrected chi connectivity index (χ4v) is 5.96. The van der Waals surface area contributed by atoms with E-state index >= 15 is 0 Å². The van der Waals surface area contributed by atoms with Gasteiger partial charge < -0.3 is 51.6 Å². The summed E-state index contributed by atoms with van der Waals surface area (Å²) < 4.78 is 15.7. The Hall–Kier alpha value is -1.35. The van der Waals surface area contributed by atoms with E-state index in [4.69, 9.17) is 25.7 Å². The van der Waals surface area contributed by atoms with Crippen molar-refractivity contribution in [3.8, 4) is 11.5 Å². The number of nitrogen functional groups attached to an aromatic ring is 2. The molecule has 396 valence electrons. The summed E-state index contributed by atoms with van der Waals surface area (Å²) in [7, 11) is 0. The molecule has 0 saturated heterocycles. The number of allylic oxidation sites excluding steroid dienone is 3. The number of benzene rings is 2. The number of rotatable bonds is 26. The molecule has 0 aliphatic carbocycles. The molecule has 29 heteroatoms. The first kappa shape index (κ1) is 76.7. The van der Waals surface area contributed by atoms with Crippen LogP contribution in [-0.2, 0) is 22.6 Å². The van der Waals surface area contributed by atoms with Gasteiger partial charge in [-0.1, -0.05) is 78.5 Å². The van der Waals surface area contributed by atoms with Gasteiger partial charge in [0.1, 0.15) is 18.1 Å². The summed E-state index contributed by atoms with van der Waals surface area (Å²) >= 11 is 8.13. The van der Waals surface area contributed by atoms with Crippen molar-refractivity contribution in [1.29, 1.82) is 0 Å². The second-order valence-electron chi connectivity index (χ2n) is 14.4. The number of halogens is 1. The molecule has 9 N–H and O–H groups in total. The van der Waals surface area contributed by atoms with Crippen molar-refractivity contribution in [3.05, 3.63) is 131 Å². The Morgan fingerprint density at radius 1 is 0.737 bits per heavy atom. The standard InChI is InChI=1S/C23H30N6O6.C20H26N6O6.C3H5Br.CH4.4K/c1-4-7-10-17(15-30)25-22-26-20(24)19(29(32)33)21(27-22)28(23(31)34-6-3)14-16-9-8-11-18(13-16)35-12-5-2;1-3-5-8-14(12-27)22-19-23-17(21)16(26(30)31)18(24-19)25(20(29)32-4-2)11-13-7-6-9-15(28)10-13;1-2-3-4;;;;;/h4-5,8-9,11,13,17,30H,1-2,6-7,10,12,14-15H2,3H3,(H3,24,25,26,27);3,6-7,9-10,14,27-28H,1,4-5,8,11-12H2,2H3,(H3,21,22,23,24);2H,1,3H2;1H4;;;;. The van der Waals surface area contributed by atoms with Crippen LogP contribution in [0.4, 0.5) is 56.1 Å². The number of alkyl halides is 1. The molecule has 0 radical (unpaired) electrons.